The second-order valence-corrected chi connectivity index (χ2v) is 6.60. The van der Waals surface area contributed by atoms with E-state index in [-0.39, 0.29) is 12.0 Å². The lowest BCUT2D eigenvalue weighted by Crippen LogP contribution is -2.36. The van der Waals surface area contributed by atoms with Crippen LogP contribution >= 0.6 is 0 Å². The van der Waals surface area contributed by atoms with Crippen molar-refractivity contribution >= 4 is 12.0 Å². The van der Waals surface area contributed by atoms with Gasteiger partial charge < -0.3 is 14.5 Å². The van der Waals surface area contributed by atoms with E-state index in [9.17, 15) is 9.59 Å². The molecule has 0 aromatic carbocycles. The smallest absolute Gasteiger partial charge is 0.410 e. The predicted octanol–water partition coefficient (Wildman–Crippen LogP) is 1.57. The Bertz CT molecular complexity index is 560. The molecule has 7 nitrogen and oxygen atoms in total. The molecule has 1 aromatic heterocycles. The fourth-order valence-corrected chi connectivity index (χ4v) is 3.49. The number of hydrogen-bond donors (Lipinski definition) is 1. The maximum Gasteiger partial charge on any atom is 0.410 e. The van der Waals surface area contributed by atoms with Crippen molar-refractivity contribution in [3.05, 3.63) is 18.0 Å². The molecule has 0 bridgehead atoms. The number of rotatable bonds is 4. The fourth-order valence-electron chi connectivity index (χ4n) is 3.49. The molecular formula is C16H24N4O3. The number of amides is 2. The first-order valence-electron chi connectivity index (χ1n) is 8.28. The van der Waals surface area contributed by atoms with Gasteiger partial charge in [-0.15, -0.1) is 0 Å². The number of carbonyl (C=O) groups is 2. The number of likely N-dealkylation sites (tertiary alicyclic amines) is 1. The van der Waals surface area contributed by atoms with Gasteiger partial charge in [0.25, 0.3) is 0 Å². The standard InChI is InChI=1S/C16H24N4O3/c1-19-12-16(23-15(19)22)6-3-8-20(9-7-16)14(21)5-2-4-13-10-17-18-11-13/h10-11H,2-9,12H2,1H3,(H,17,18)/t16-/m0/s1. The van der Waals surface area contributed by atoms with Gasteiger partial charge in [-0.05, 0) is 31.2 Å². The minimum Gasteiger partial charge on any atom is -0.441 e. The number of aromatic amines is 1. The Morgan fingerprint density at radius 2 is 2.30 bits per heavy atom. The summed E-state index contributed by atoms with van der Waals surface area (Å²) >= 11 is 0. The highest BCUT2D eigenvalue weighted by Crippen LogP contribution is 2.32. The molecule has 0 radical (unpaired) electrons. The SMILES string of the molecule is CN1C[C@@]2(CCCN(C(=O)CCCc3cn[nH]c3)CC2)OC1=O. The number of nitrogens with zero attached hydrogens (tertiary/aromatic N) is 3. The van der Waals surface area contributed by atoms with Gasteiger partial charge in [-0.1, -0.05) is 0 Å². The van der Waals surface area contributed by atoms with E-state index in [1.165, 1.54) is 0 Å². The number of ether oxygens (including phenoxy) is 1. The summed E-state index contributed by atoms with van der Waals surface area (Å²) in [4.78, 5) is 27.6. The Kier molecular flexibility index (Phi) is 4.54. The van der Waals surface area contributed by atoms with Crippen LogP contribution in [0.2, 0.25) is 0 Å². The van der Waals surface area contributed by atoms with Crippen LogP contribution < -0.4 is 0 Å². The van der Waals surface area contributed by atoms with E-state index in [0.29, 0.717) is 19.5 Å². The molecule has 3 heterocycles. The van der Waals surface area contributed by atoms with Crippen molar-refractivity contribution in [1.82, 2.24) is 20.0 Å². The van der Waals surface area contributed by atoms with Gasteiger partial charge in [-0.3, -0.25) is 9.89 Å². The highest BCUT2D eigenvalue weighted by atomic mass is 16.6. The van der Waals surface area contributed by atoms with Crippen LogP contribution in [0.25, 0.3) is 0 Å². The minimum absolute atomic E-state index is 0.197. The molecule has 7 heteroatoms. The molecule has 2 aliphatic rings. The number of hydrogen-bond acceptors (Lipinski definition) is 4. The normalized spacial score (nSPS) is 24.8. The van der Waals surface area contributed by atoms with E-state index in [4.69, 9.17) is 4.74 Å². The summed E-state index contributed by atoms with van der Waals surface area (Å²) in [7, 11) is 1.76. The van der Waals surface area contributed by atoms with Gasteiger partial charge in [0.05, 0.1) is 12.7 Å². The topological polar surface area (TPSA) is 78.5 Å². The van der Waals surface area contributed by atoms with Gasteiger partial charge >= 0.3 is 6.09 Å². The first-order valence-corrected chi connectivity index (χ1v) is 8.28. The second kappa shape index (κ2) is 6.60. The number of nitrogens with one attached hydrogen (secondary N) is 1. The van der Waals surface area contributed by atoms with E-state index in [2.05, 4.69) is 10.2 Å². The summed E-state index contributed by atoms with van der Waals surface area (Å²) < 4.78 is 5.58. The molecule has 0 saturated carbocycles. The summed E-state index contributed by atoms with van der Waals surface area (Å²) in [6.07, 6.45) is 8.12. The van der Waals surface area contributed by atoms with Gasteiger partial charge in [0, 0.05) is 39.2 Å². The number of H-pyrrole nitrogens is 1. The number of aromatic nitrogens is 2. The third kappa shape index (κ3) is 3.65. The average Bonchev–Trinajstić information content (AvgIpc) is 3.06. The lowest BCUT2D eigenvalue weighted by atomic mass is 9.95. The Morgan fingerprint density at radius 1 is 1.43 bits per heavy atom. The third-order valence-corrected chi connectivity index (χ3v) is 4.80. The minimum atomic E-state index is -0.391. The summed E-state index contributed by atoms with van der Waals surface area (Å²) in [5, 5.41) is 6.69. The highest BCUT2D eigenvalue weighted by molar-refractivity contribution is 5.76. The van der Waals surface area contributed by atoms with Crippen LogP contribution in [0.15, 0.2) is 12.4 Å². The van der Waals surface area contributed by atoms with E-state index < -0.39 is 5.60 Å². The fraction of sp³-hybridized carbons (Fsp3) is 0.688. The van der Waals surface area contributed by atoms with Gasteiger partial charge in [0.2, 0.25) is 5.91 Å². The zero-order chi connectivity index (χ0) is 16.3. The Morgan fingerprint density at radius 3 is 3.00 bits per heavy atom. The average molecular weight is 320 g/mol. The lowest BCUT2D eigenvalue weighted by molar-refractivity contribution is -0.131. The van der Waals surface area contributed by atoms with Gasteiger partial charge in [-0.2, -0.15) is 5.10 Å². The zero-order valence-corrected chi connectivity index (χ0v) is 13.6. The van der Waals surface area contributed by atoms with E-state index in [0.717, 1.165) is 44.2 Å². The van der Waals surface area contributed by atoms with Crippen LogP contribution in [-0.4, -0.2) is 64.3 Å². The van der Waals surface area contributed by atoms with Crippen molar-refractivity contribution in [3.63, 3.8) is 0 Å². The number of aryl methyl sites for hydroxylation is 1. The molecule has 0 aliphatic carbocycles. The first kappa shape index (κ1) is 15.8. The van der Waals surface area contributed by atoms with Gasteiger partial charge in [0.15, 0.2) is 0 Å². The molecule has 1 N–H and O–H groups in total. The molecule has 2 amide bonds. The molecule has 1 aromatic rings. The van der Waals surface area contributed by atoms with Crippen molar-refractivity contribution in [2.24, 2.45) is 0 Å². The first-order chi connectivity index (χ1) is 11.1. The van der Waals surface area contributed by atoms with Crippen molar-refractivity contribution in [2.45, 2.75) is 44.1 Å². The monoisotopic (exact) mass is 320 g/mol. The molecule has 1 spiro atoms. The van der Waals surface area contributed by atoms with Gasteiger partial charge in [0.1, 0.15) is 5.60 Å². The summed E-state index contributed by atoms with van der Waals surface area (Å²) in [6.45, 7) is 2.06. The third-order valence-electron chi connectivity index (χ3n) is 4.80. The molecule has 0 unspecified atom stereocenters. The van der Waals surface area contributed by atoms with Crippen LogP contribution in [0.1, 0.15) is 37.7 Å². The highest BCUT2D eigenvalue weighted by Gasteiger charge is 2.44. The van der Waals surface area contributed by atoms with Crippen molar-refractivity contribution in [2.75, 3.05) is 26.7 Å². The lowest BCUT2D eigenvalue weighted by Gasteiger charge is -2.25. The van der Waals surface area contributed by atoms with Crippen LogP contribution in [0.3, 0.4) is 0 Å². The Balaban J connectivity index is 1.47. The van der Waals surface area contributed by atoms with E-state index >= 15 is 0 Å². The molecule has 2 fully saturated rings. The van der Waals surface area contributed by atoms with Crippen LogP contribution in [0.4, 0.5) is 4.79 Å². The van der Waals surface area contributed by atoms with Crippen LogP contribution in [0, 0.1) is 0 Å². The maximum absolute atomic E-state index is 12.4. The van der Waals surface area contributed by atoms with Crippen molar-refractivity contribution < 1.29 is 14.3 Å². The Labute approximate surface area is 136 Å². The largest absolute Gasteiger partial charge is 0.441 e. The molecule has 2 aliphatic heterocycles. The van der Waals surface area contributed by atoms with Crippen LogP contribution in [0.5, 0.6) is 0 Å². The summed E-state index contributed by atoms with van der Waals surface area (Å²) in [6, 6.07) is 0. The number of carbonyl (C=O) groups excluding carboxylic acids is 2. The maximum atomic E-state index is 12.4. The Hall–Kier alpha value is -2.05. The second-order valence-electron chi connectivity index (χ2n) is 6.60. The van der Waals surface area contributed by atoms with E-state index in [1.54, 1.807) is 18.1 Å². The number of likely N-dealkylation sites (N-methyl/N-ethyl adjacent to an activating group) is 1. The molecule has 3 rings (SSSR count). The molecule has 126 valence electrons. The molecule has 1 atom stereocenters. The summed E-state index contributed by atoms with van der Waals surface area (Å²) in [5.74, 6) is 0.197. The summed E-state index contributed by atoms with van der Waals surface area (Å²) in [5.41, 5.74) is 0.742. The van der Waals surface area contributed by atoms with Crippen LogP contribution in [-0.2, 0) is 16.0 Å². The molecule has 2 saturated heterocycles. The van der Waals surface area contributed by atoms with E-state index in [1.807, 2.05) is 11.1 Å². The quantitative estimate of drug-likeness (QED) is 0.913. The predicted molar refractivity (Wildman–Crippen MR) is 83.8 cm³/mol. The van der Waals surface area contributed by atoms with Crippen molar-refractivity contribution in [3.8, 4) is 0 Å². The molecule has 23 heavy (non-hydrogen) atoms. The zero-order valence-electron chi connectivity index (χ0n) is 13.6. The van der Waals surface area contributed by atoms with Crippen molar-refractivity contribution in [1.29, 1.82) is 0 Å². The molecular weight excluding hydrogens is 296 g/mol. The van der Waals surface area contributed by atoms with Gasteiger partial charge in [-0.25, -0.2) is 4.79 Å².